The van der Waals surface area contributed by atoms with Gasteiger partial charge in [0, 0.05) is 25.2 Å². The standard InChI is InChI=1S/C15H20N2O9/c1-23-5-6-26-8-7-25-4-3-12-13(15(18)24-2)9-11(16(19)20)10-14(12)17(21)22/h9-10H,3-8H2,1-2H3. The number of carbonyl (C=O) groups excluding carboxylic acids is 1. The number of nitro groups is 2. The fourth-order valence-corrected chi connectivity index (χ4v) is 2.10. The lowest BCUT2D eigenvalue weighted by Crippen LogP contribution is -2.13. The summed E-state index contributed by atoms with van der Waals surface area (Å²) in [6.45, 7) is 1.50. The topological polar surface area (TPSA) is 140 Å². The Morgan fingerprint density at radius 3 is 2.12 bits per heavy atom. The van der Waals surface area contributed by atoms with Crippen molar-refractivity contribution in [3.63, 3.8) is 0 Å². The molecule has 1 rings (SSSR count). The first kappa shape index (κ1) is 21.4. The molecule has 11 nitrogen and oxygen atoms in total. The molecule has 0 saturated heterocycles. The second kappa shape index (κ2) is 11.1. The highest BCUT2D eigenvalue weighted by molar-refractivity contribution is 5.93. The van der Waals surface area contributed by atoms with Gasteiger partial charge < -0.3 is 18.9 Å². The molecular weight excluding hydrogens is 352 g/mol. The molecule has 0 aliphatic rings. The molecule has 0 fully saturated rings. The van der Waals surface area contributed by atoms with E-state index in [1.165, 1.54) is 0 Å². The molecule has 0 atom stereocenters. The molecule has 0 unspecified atom stereocenters. The molecule has 0 radical (unpaired) electrons. The Kier molecular flexibility index (Phi) is 9.12. The lowest BCUT2D eigenvalue weighted by molar-refractivity contribution is -0.394. The molecular formula is C15H20N2O9. The van der Waals surface area contributed by atoms with E-state index in [4.69, 9.17) is 14.2 Å². The van der Waals surface area contributed by atoms with E-state index >= 15 is 0 Å². The van der Waals surface area contributed by atoms with Crippen LogP contribution in [0.2, 0.25) is 0 Å². The van der Waals surface area contributed by atoms with Crippen LogP contribution in [-0.4, -0.2) is 63.1 Å². The quantitative estimate of drug-likeness (QED) is 0.231. The van der Waals surface area contributed by atoms with Crippen molar-refractivity contribution in [3.8, 4) is 0 Å². The number of hydrogen-bond acceptors (Lipinski definition) is 9. The van der Waals surface area contributed by atoms with Crippen molar-refractivity contribution in [2.45, 2.75) is 6.42 Å². The van der Waals surface area contributed by atoms with Gasteiger partial charge >= 0.3 is 5.97 Å². The fourth-order valence-electron chi connectivity index (χ4n) is 2.10. The second-order valence-corrected chi connectivity index (χ2v) is 4.96. The lowest BCUT2D eigenvalue weighted by atomic mass is 10.0. The Balaban J connectivity index is 2.85. The van der Waals surface area contributed by atoms with Crippen molar-refractivity contribution >= 4 is 17.3 Å². The summed E-state index contributed by atoms with van der Waals surface area (Å²) in [7, 11) is 2.64. The van der Waals surface area contributed by atoms with Crippen LogP contribution in [0.4, 0.5) is 11.4 Å². The highest BCUT2D eigenvalue weighted by Gasteiger charge is 2.27. The number of carbonyl (C=O) groups is 1. The van der Waals surface area contributed by atoms with Gasteiger partial charge in [-0.15, -0.1) is 0 Å². The summed E-state index contributed by atoms with van der Waals surface area (Å²) < 4.78 is 19.9. The zero-order chi connectivity index (χ0) is 19.5. The Morgan fingerprint density at radius 1 is 0.962 bits per heavy atom. The molecule has 0 amide bonds. The molecule has 0 aromatic heterocycles. The maximum atomic E-state index is 11.9. The summed E-state index contributed by atoms with van der Waals surface area (Å²) in [4.78, 5) is 32.5. The summed E-state index contributed by atoms with van der Waals surface area (Å²) in [6, 6.07) is 1.78. The number of benzene rings is 1. The summed E-state index contributed by atoms with van der Waals surface area (Å²) in [5.74, 6) is -0.894. The average molecular weight is 372 g/mol. The van der Waals surface area contributed by atoms with Crippen LogP contribution in [0.3, 0.4) is 0 Å². The predicted octanol–water partition coefficient (Wildman–Crippen LogP) is 1.51. The number of non-ortho nitro benzene ring substituents is 1. The molecule has 1 aromatic rings. The molecule has 0 N–H and O–H groups in total. The molecule has 0 aliphatic carbocycles. The number of nitro benzene ring substituents is 2. The van der Waals surface area contributed by atoms with Crippen LogP contribution in [-0.2, 0) is 25.4 Å². The van der Waals surface area contributed by atoms with Crippen LogP contribution in [0.15, 0.2) is 12.1 Å². The number of ether oxygens (including phenoxy) is 4. The van der Waals surface area contributed by atoms with E-state index in [9.17, 15) is 25.0 Å². The summed E-state index contributed by atoms with van der Waals surface area (Å²) >= 11 is 0. The third-order valence-corrected chi connectivity index (χ3v) is 3.32. The molecule has 11 heteroatoms. The van der Waals surface area contributed by atoms with Gasteiger partial charge in [0.2, 0.25) is 0 Å². The zero-order valence-corrected chi connectivity index (χ0v) is 14.5. The summed E-state index contributed by atoms with van der Waals surface area (Å²) in [5, 5.41) is 22.2. The SMILES string of the molecule is COCCOCCOCCc1c(C(=O)OC)cc([N+](=O)[O-])cc1[N+](=O)[O-]. The van der Waals surface area contributed by atoms with Crippen LogP contribution < -0.4 is 0 Å². The van der Waals surface area contributed by atoms with Gasteiger partial charge in [-0.2, -0.15) is 0 Å². The number of nitrogens with zero attached hydrogens (tertiary/aromatic N) is 2. The smallest absolute Gasteiger partial charge is 0.338 e. The van der Waals surface area contributed by atoms with Crippen molar-refractivity contribution in [2.24, 2.45) is 0 Å². The van der Waals surface area contributed by atoms with Gasteiger partial charge in [-0.05, 0) is 0 Å². The van der Waals surface area contributed by atoms with Gasteiger partial charge in [0.1, 0.15) is 0 Å². The maximum Gasteiger partial charge on any atom is 0.338 e. The minimum atomic E-state index is -0.894. The number of rotatable bonds is 12. The number of hydrogen-bond donors (Lipinski definition) is 0. The number of methoxy groups -OCH3 is 2. The van der Waals surface area contributed by atoms with Gasteiger partial charge in [-0.25, -0.2) is 4.79 Å². The van der Waals surface area contributed by atoms with E-state index in [0.717, 1.165) is 19.2 Å². The van der Waals surface area contributed by atoms with E-state index in [1.54, 1.807) is 7.11 Å². The fraction of sp³-hybridized carbons (Fsp3) is 0.533. The Labute approximate surface area is 149 Å². The van der Waals surface area contributed by atoms with Gasteiger partial charge in [-0.1, -0.05) is 0 Å². The van der Waals surface area contributed by atoms with Crippen molar-refractivity contribution in [1.29, 1.82) is 0 Å². The lowest BCUT2D eigenvalue weighted by Gasteiger charge is -2.10. The maximum absolute atomic E-state index is 11.9. The highest BCUT2D eigenvalue weighted by atomic mass is 16.6. The van der Waals surface area contributed by atoms with Crippen LogP contribution in [0.25, 0.3) is 0 Å². The molecule has 0 saturated carbocycles. The van der Waals surface area contributed by atoms with Crippen LogP contribution in [0.5, 0.6) is 0 Å². The van der Waals surface area contributed by atoms with E-state index in [2.05, 4.69) is 4.74 Å². The van der Waals surface area contributed by atoms with E-state index in [1.807, 2.05) is 0 Å². The first-order chi connectivity index (χ1) is 12.4. The third kappa shape index (κ3) is 6.35. The van der Waals surface area contributed by atoms with Crippen molar-refractivity contribution in [1.82, 2.24) is 0 Å². The van der Waals surface area contributed by atoms with Gasteiger partial charge in [0.05, 0.1) is 61.6 Å². The second-order valence-electron chi connectivity index (χ2n) is 4.96. The summed E-state index contributed by atoms with van der Waals surface area (Å²) in [5.41, 5.74) is -1.30. The van der Waals surface area contributed by atoms with Crippen molar-refractivity contribution in [2.75, 3.05) is 47.3 Å². The Hall–Kier alpha value is -2.63. The molecule has 0 bridgehead atoms. The molecule has 0 heterocycles. The van der Waals surface area contributed by atoms with Crippen LogP contribution in [0, 0.1) is 20.2 Å². The van der Waals surface area contributed by atoms with Crippen molar-refractivity contribution in [3.05, 3.63) is 43.5 Å². The third-order valence-electron chi connectivity index (χ3n) is 3.32. The minimum absolute atomic E-state index is 0.0107. The van der Waals surface area contributed by atoms with Crippen LogP contribution >= 0.6 is 0 Å². The average Bonchev–Trinajstić information content (AvgIpc) is 2.62. The monoisotopic (exact) mass is 372 g/mol. The first-order valence-electron chi connectivity index (χ1n) is 7.60. The molecule has 144 valence electrons. The van der Waals surface area contributed by atoms with Gasteiger partial charge in [0.15, 0.2) is 0 Å². The molecule has 1 aromatic carbocycles. The normalized spacial score (nSPS) is 10.5. The first-order valence-corrected chi connectivity index (χ1v) is 7.60. The zero-order valence-electron chi connectivity index (χ0n) is 14.5. The molecule has 0 aliphatic heterocycles. The van der Waals surface area contributed by atoms with E-state index in [0.29, 0.717) is 19.8 Å². The summed E-state index contributed by atoms with van der Waals surface area (Å²) in [6.07, 6.45) is 0.0107. The molecule has 26 heavy (non-hydrogen) atoms. The van der Waals surface area contributed by atoms with E-state index < -0.39 is 27.2 Å². The van der Waals surface area contributed by atoms with Gasteiger partial charge in [0.25, 0.3) is 11.4 Å². The predicted molar refractivity (Wildman–Crippen MR) is 88.3 cm³/mol. The minimum Gasteiger partial charge on any atom is -0.465 e. The number of esters is 1. The van der Waals surface area contributed by atoms with Crippen molar-refractivity contribution < 1.29 is 33.6 Å². The van der Waals surface area contributed by atoms with Crippen LogP contribution in [0.1, 0.15) is 15.9 Å². The van der Waals surface area contributed by atoms with Gasteiger partial charge in [-0.3, -0.25) is 20.2 Å². The van der Waals surface area contributed by atoms with E-state index in [-0.39, 0.29) is 30.8 Å². The molecule has 0 spiro atoms. The largest absolute Gasteiger partial charge is 0.465 e. The Morgan fingerprint density at radius 2 is 1.58 bits per heavy atom. The highest BCUT2D eigenvalue weighted by Crippen LogP contribution is 2.29. The Bertz CT molecular complexity index is 648.